The van der Waals surface area contributed by atoms with Gasteiger partial charge in [0.1, 0.15) is 0 Å². The van der Waals surface area contributed by atoms with Crippen molar-refractivity contribution in [2.75, 3.05) is 7.11 Å². The molecule has 0 bridgehead atoms. The minimum Gasteiger partial charge on any atom is -0.390 e. The molecule has 1 rings (SSSR count). The topological polar surface area (TPSA) is 29.5 Å². The van der Waals surface area contributed by atoms with Crippen molar-refractivity contribution in [1.29, 1.82) is 0 Å². The highest BCUT2D eigenvalue weighted by atomic mass is 16.5. The van der Waals surface area contributed by atoms with Crippen LogP contribution in [0.4, 0.5) is 0 Å². The van der Waals surface area contributed by atoms with E-state index in [0.717, 1.165) is 19.3 Å². The maximum atomic E-state index is 9.69. The summed E-state index contributed by atoms with van der Waals surface area (Å²) in [6, 6.07) is 0. The molecule has 0 radical (unpaired) electrons. The van der Waals surface area contributed by atoms with E-state index in [0.29, 0.717) is 5.92 Å². The first kappa shape index (κ1) is 9.01. The second-order valence-electron chi connectivity index (χ2n) is 3.79. The Kier molecular flexibility index (Phi) is 2.55. The van der Waals surface area contributed by atoms with Crippen molar-refractivity contribution in [2.45, 2.75) is 44.8 Å². The van der Waals surface area contributed by atoms with Gasteiger partial charge in [-0.3, -0.25) is 0 Å². The minimum atomic E-state index is -0.340. The molecule has 0 aromatic carbocycles. The van der Waals surface area contributed by atoms with Gasteiger partial charge in [-0.15, -0.1) is 0 Å². The van der Waals surface area contributed by atoms with Crippen molar-refractivity contribution >= 4 is 0 Å². The quantitative estimate of drug-likeness (QED) is 0.673. The van der Waals surface area contributed by atoms with E-state index in [9.17, 15) is 5.11 Å². The van der Waals surface area contributed by atoms with Gasteiger partial charge in [0.2, 0.25) is 0 Å². The Hall–Kier alpha value is -0.0800. The van der Waals surface area contributed by atoms with Crippen LogP contribution in [-0.4, -0.2) is 23.9 Å². The molecule has 1 fully saturated rings. The Morgan fingerprint density at radius 2 is 2.27 bits per heavy atom. The van der Waals surface area contributed by atoms with E-state index in [1.165, 1.54) is 0 Å². The average Bonchev–Trinajstić information content (AvgIpc) is 2.56. The summed E-state index contributed by atoms with van der Waals surface area (Å²) in [7, 11) is 1.71. The first-order valence-electron chi connectivity index (χ1n) is 4.33. The minimum absolute atomic E-state index is 0.284. The summed E-state index contributed by atoms with van der Waals surface area (Å²) in [5.74, 6) is 0.506. The van der Waals surface area contributed by atoms with Gasteiger partial charge < -0.3 is 9.84 Å². The lowest BCUT2D eigenvalue weighted by molar-refractivity contribution is 0.0702. The molecule has 0 aromatic heterocycles. The predicted molar refractivity (Wildman–Crippen MR) is 44.4 cm³/mol. The SMILES string of the molecule is COC(C)CCC1(O)CC1C. The van der Waals surface area contributed by atoms with E-state index >= 15 is 0 Å². The Balaban J connectivity index is 2.13. The van der Waals surface area contributed by atoms with Crippen LogP contribution in [-0.2, 0) is 4.74 Å². The smallest absolute Gasteiger partial charge is 0.0678 e. The van der Waals surface area contributed by atoms with Crippen LogP contribution >= 0.6 is 0 Å². The second-order valence-corrected chi connectivity index (χ2v) is 3.79. The molecular formula is C9H18O2. The van der Waals surface area contributed by atoms with Crippen LogP contribution in [0.15, 0.2) is 0 Å². The van der Waals surface area contributed by atoms with E-state index in [4.69, 9.17) is 4.74 Å². The normalized spacial score (nSPS) is 38.7. The summed E-state index contributed by atoms with van der Waals surface area (Å²) < 4.78 is 5.10. The molecule has 0 amide bonds. The zero-order valence-corrected chi connectivity index (χ0v) is 7.63. The van der Waals surface area contributed by atoms with Crippen molar-refractivity contribution in [3.8, 4) is 0 Å². The Morgan fingerprint density at radius 3 is 2.64 bits per heavy atom. The highest BCUT2D eigenvalue weighted by Gasteiger charge is 2.48. The number of rotatable bonds is 4. The summed E-state index contributed by atoms with van der Waals surface area (Å²) in [6.07, 6.45) is 3.12. The zero-order valence-electron chi connectivity index (χ0n) is 7.63. The fourth-order valence-electron chi connectivity index (χ4n) is 1.39. The highest BCUT2D eigenvalue weighted by molar-refractivity contribution is 5.00. The lowest BCUT2D eigenvalue weighted by Gasteiger charge is -2.12. The molecule has 0 aliphatic heterocycles. The van der Waals surface area contributed by atoms with Crippen LogP contribution < -0.4 is 0 Å². The largest absolute Gasteiger partial charge is 0.390 e. The monoisotopic (exact) mass is 158 g/mol. The Morgan fingerprint density at radius 1 is 1.73 bits per heavy atom. The fourth-order valence-corrected chi connectivity index (χ4v) is 1.39. The van der Waals surface area contributed by atoms with E-state index in [-0.39, 0.29) is 11.7 Å². The van der Waals surface area contributed by atoms with Gasteiger partial charge in [0.05, 0.1) is 11.7 Å². The van der Waals surface area contributed by atoms with E-state index < -0.39 is 0 Å². The number of ether oxygens (including phenoxy) is 1. The van der Waals surface area contributed by atoms with E-state index in [1.807, 2.05) is 6.92 Å². The van der Waals surface area contributed by atoms with Crippen molar-refractivity contribution in [3.05, 3.63) is 0 Å². The summed E-state index contributed by atoms with van der Waals surface area (Å²) in [4.78, 5) is 0. The molecule has 0 saturated heterocycles. The maximum absolute atomic E-state index is 9.69. The molecule has 0 heterocycles. The molecule has 1 aliphatic rings. The van der Waals surface area contributed by atoms with Crippen LogP contribution in [0.1, 0.15) is 33.1 Å². The zero-order chi connectivity index (χ0) is 8.48. The second kappa shape index (κ2) is 3.11. The molecule has 1 aliphatic carbocycles. The van der Waals surface area contributed by atoms with Crippen molar-refractivity contribution in [2.24, 2.45) is 5.92 Å². The molecule has 3 atom stereocenters. The maximum Gasteiger partial charge on any atom is 0.0678 e. The lowest BCUT2D eigenvalue weighted by atomic mass is 10.1. The molecule has 2 heteroatoms. The standard InChI is InChI=1S/C9H18O2/c1-7-6-9(7,10)5-4-8(2)11-3/h7-8,10H,4-6H2,1-3H3. The summed E-state index contributed by atoms with van der Waals surface area (Å²) in [6.45, 7) is 4.13. The average molecular weight is 158 g/mol. The van der Waals surface area contributed by atoms with Crippen molar-refractivity contribution in [1.82, 2.24) is 0 Å². The molecule has 1 N–H and O–H groups in total. The van der Waals surface area contributed by atoms with Crippen LogP contribution in [0, 0.1) is 5.92 Å². The first-order chi connectivity index (χ1) is 5.08. The molecule has 0 aromatic rings. The van der Waals surface area contributed by atoms with Crippen LogP contribution in [0.25, 0.3) is 0 Å². The highest BCUT2D eigenvalue weighted by Crippen LogP contribution is 2.46. The summed E-state index contributed by atoms with van der Waals surface area (Å²) >= 11 is 0. The van der Waals surface area contributed by atoms with Gasteiger partial charge in [-0.2, -0.15) is 0 Å². The summed E-state index contributed by atoms with van der Waals surface area (Å²) in [5, 5.41) is 9.69. The summed E-state index contributed by atoms with van der Waals surface area (Å²) in [5.41, 5.74) is -0.340. The number of aliphatic hydroxyl groups is 1. The first-order valence-corrected chi connectivity index (χ1v) is 4.33. The van der Waals surface area contributed by atoms with Crippen molar-refractivity contribution in [3.63, 3.8) is 0 Å². The molecule has 0 spiro atoms. The van der Waals surface area contributed by atoms with Gasteiger partial charge in [-0.25, -0.2) is 0 Å². The van der Waals surface area contributed by atoms with Gasteiger partial charge in [0.25, 0.3) is 0 Å². The molecule has 1 saturated carbocycles. The third-order valence-electron chi connectivity index (χ3n) is 2.80. The van der Waals surface area contributed by atoms with Crippen molar-refractivity contribution < 1.29 is 9.84 Å². The fraction of sp³-hybridized carbons (Fsp3) is 1.00. The van der Waals surface area contributed by atoms with Gasteiger partial charge in [-0.05, 0) is 32.1 Å². The van der Waals surface area contributed by atoms with Gasteiger partial charge in [0, 0.05) is 7.11 Å². The molecular weight excluding hydrogens is 140 g/mol. The number of hydrogen-bond acceptors (Lipinski definition) is 2. The molecule has 66 valence electrons. The number of methoxy groups -OCH3 is 1. The van der Waals surface area contributed by atoms with Crippen LogP contribution in [0.5, 0.6) is 0 Å². The Bertz CT molecular complexity index is 136. The molecule has 2 nitrogen and oxygen atoms in total. The van der Waals surface area contributed by atoms with Gasteiger partial charge in [-0.1, -0.05) is 6.92 Å². The lowest BCUT2D eigenvalue weighted by Crippen LogP contribution is -2.14. The van der Waals surface area contributed by atoms with Gasteiger partial charge >= 0.3 is 0 Å². The third kappa shape index (κ3) is 2.17. The number of hydrogen-bond donors (Lipinski definition) is 1. The Labute approximate surface area is 68.6 Å². The third-order valence-corrected chi connectivity index (χ3v) is 2.80. The van der Waals surface area contributed by atoms with E-state index in [1.54, 1.807) is 7.11 Å². The van der Waals surface area contributed by atoms with Crippen LogP contribution in [0.2, 0.25) is 0 Å². The molecule has 11 heavy (non-hydrogen) atoms. The molecule has 3 unspecified atom stereocenters. The van der Waals surface area contributed by atoms with Gasteiger partial charge in [0.15, 0.2) is 0 Å². The van der Waals surface area contributed by atoms with E-state index in [2.05, 4.69) is 6.92 Å². The van der Waals surface area contributed by atoms with Crippen LogP contribution in [0.3, 0.4) is 0 Å². The predicted octanol–water partition coefficient (Wildman–Crippen LogP) is 1.57.